The number of benzene rings is 1. The van der Waals surface area contributed by atoms with Gasteiger partial charge in [0, 0.05) is 17.2 Å². The van der Waals surface area contributed by atoms with E-state index in [0.29, 0.717) is 28.1 Å². The molecule has 0 amide bonds. The van der Waals surface area contributed by atoms with Crippen molar-refractivity contribution in [2.24, 2.45) is 0 Å². The second-order valence-corrected chi connectivity index (χ2v) is 4.14. The van der Waals surface area contributed by atoms with Gasteiger partial charge in [-0.1, -0.05) is 28.4 Å². The largest absolute Gasteiger partial charge is 0.486 e. The summed E-state index contributed by atoms with van der Waals surface area (Å²) in [6, 6.07) is 6.86. The lowest BCUT2D eigenvalue weighted by Crippen LogP contribution is -1.95. The third kappa shape index (κ3) is 2.68. The van der Waals surface area contributed by atoms with E-state index >= 15 is 0 Å². The van der Waals surface area contributed by atoms with Gasteiger partial charge in [0.2, 0.25) is 0 Å². The predicted octanol–water partition coefficient (Wildman–Crippen LogP) is 3.87. The van der Waals surface area contributed by atoms with Gasteiger partial charge in [0.25, 0.3) is 0 Å². The molecule has 0 radical (unpaired) electrons. The normalized spacial score (nSPS) is 10.4. The molecular weight excluding hydrogens is 249 g/mol. The number of nitrogens with zero attached hydrogens (tertiary/aromatic N) is 1. The van der Waals surface area contributed by atoms with Gasteiger partial charge in [0.05, 0.1) is 5.02 Å². The molecule has 3 nitrogen and oxygen atoms in total. The van der Waals surface area contributed by atoms with Crippen molar-refractivity contribution in [3.63, 3.8) is 0 Å². The maximum absolute atomic E-state index is 5.94. The van der Waals surface area contributed by atoms with Crippen molar-refractivity contribution < 1.29 is 9.26 Å². The van der Waals surface area contributed by atoms with Gasteiger partial charge in [-0.3, -0.25) is 0 Å². The average molecular weight is 258 g/mol. The molecule has 0 aliphatic heterocycles. The Morgan fingerprint density at radius 3 is 2.81 bits per heavy atom. The molecule has 5 heteroatoms. The molecule has 16 heavy (non-hydrogen) atoms. The summed E-state index contributed by atoms with van der Waals surface area (Å²) < 4.78 is 10.4. The zero-order valence-corrected chi connectivity index (χ0v) is 10.0. The summed E-state index contributed by atoms with van der Waals surface area (Å²) in [5, 5.41) is 4.90. The fraction of sp³-hybridized carbons (Fsp3) is 0.182. The van der Waals surface area contributed by atoms with Crippen molar-refractivity contribution in [1.29, 1.82) is 0 Å². The molecule has 1 aromatic heterocycles. The first-order chi connectivity index (χ1) is 7.65. The van der Waals surface area contributed by atoms with Crippen LogP contribution in [0.1, 0.15) is 11.5 Å². The zero-order valence-electron chi connectivity index (χ0n) is 8.54. The monoisotopic (exact) mass is 257 g/mol. The van der Waals surface area contributed by atoms with Crippen molar-refractivity contribution in [3.05, 3.63) is 45.8 Å². The lowest BCUT2D eigenvalue weighted by molar-refractivity contribution is 0.288. The molecule has 0 N–H and O–H groups in total. The summed E-state index contributed by atoms with van der Waals surface area (Å²) in [6.45, 7) is 2.13. The molecule has 0 atom stereocenters. The highest BCUT2D eigenvalue weighted by molar-refractivity contribution is 6.34. The number of halogens is 2. The molecule has 2 aromatic rings. The van der Waals surface area contributed by atoms with Crippen LogP contribution in [0.5, 0.6) is 5.75 Å². The first-order valence-corrected chi connectivity index (χ1v) is 5.41. The van der Waals surface area contributed by atoms with E-state index in [0.717, 1.165) is 5.76 Å². The van der Waals surface area contributed by atoms with E-state index in [4.69, 9.17) is 32.5 Å². The molecule has 0 aliphatic rings. The van der Waals surface area contributed by atoms with E-state index in [1.807, 2.05) is 6.92 Å². The number of hydrogen-bond donors (Lipinski definition) is 0. The highest BCUT2D eigenvalue weighted by atomic mass is 35.5. The molecule has 0 unspecified atom stereocenters. The van der Waals surface area contributed by atoms with Crippen LogP contribution in [0.2, 0.25) is 10.0 Å². The zero-order chi connectivity index (χ0) is 11.5. The van der Waals surface area contributed by atoms with Gasteiger partial charge in [-0.2, -0.15) is 0 Å². The number of rotatable bonds is 3. The molecule has 1 aromatic carbocycles. The smallest absolute Gasteiger partial charge is 0.139 e. The molecule has 2 rings (SSSR count). The van der Waals surface area contributed by atoms with Gasteiger partial charge in [0.15, 0.2) is 0 Å². The van der Waals surface area contributed by atoms with Gasteiger partial charge in [-0.15, -0.1) is 0 Å². The molecule has 0 saturated heterocycles. The molecule has 0 spiro atoms. The Kier molecular flexibility index (Phi) is 3.36. The van der Waals surface area contributed by atoms with Gasteiger partial charge in [-0.25, -0.2) is 0 Å². The van der Waals surface area contributed by atoms with Gasteiger partial charge >= 0.3 is 0 Å². The molecule has 0 bridgehead atoms. The molecule has 1 heterocycles. The lowest BCUT2D eigenvalue weighted by Gasteiger charge is -2.05. The van der Waals surface area contributed by atoms with Crippen LogP contribution in [-0.4, -0.2) is 5.16 Å². The van der Waals surface area contributed by atoms with E-state index in [-0.39, 0.29) is 0 Å². The maximum atomic E-state index is 5.94. The van der Waals surface area contributed by atoms with E-state index < -0.39 is 0 Å². The minimum atomic E-state index is 0.303. The Morgan fingerprint density at radius 1 is 1.31 bits per heavy atom. The SMILES string of the molecule is Cc1cc(COc2cc(Cl)ccc2Cl)no1. The van der Waals surface area contributed by atoms with Crippen LogP contribution in [0.3, 0.4) is 0 Å². The predicted molar refractivity (Wildman–Crippen MR) is 62.0 cm³/mol. The van der Waals surface area contributed by atoms with Crippen LogP contribution in [0.4, 0.5) is 0 Å². The van der Waals surface area contributed by atoms with Crippen molar-refractivity contribution in [2.45, 2.75) is 13.5 Å². The summed E-state index contributed by atoms with van der Waals surface area (Å²) in [4.78, 5) is 0. The van der Waals surface area contributed by atoms with Crippen molar-refractivity contribution >= 4 is 23.2 Å². The first kappa shape index (κ1) is 11.3. The van der Waals surface area contributed by atoms with E-state index in [2.05, 4.69) is 5.16 Å². The number of ether oxygens (including phenoxy) is 1. The van der Waals surface area contributed by atoms with Crippen molar-refractivity contribution in [3.8, 4) is 5.75 Å². The van der Waals surface area contributed by atoms with Gasteiger partial charge in [0.1, 0.15) is 23.8 Å². The Morgan fingerprint density at radius 2 is 2.12 bits per heavy atom. The summed E-state index contributed by atoms with van der Waals surface area (Å²) in [5.74, 6) is 1.28. The number of hydrogen-bond acceptors (Lipinski definition) is 3. The fourth-order valence-electron chi connectivity index (χ4n) is 1.23. The highest BCUT2D eigenvalue weighted by Crippen LogP contribution is 2.28. The maximum Gasteiger partial charge on any atom is 0.139 e. The minimum absolute atomic E-state index is 0.303. The first-order valence-electron chi connectivity index (χ1n) is 4.65. The van der Waals surface area contributed by atoms with E-state index in [1.54, 1.807) is 24.3 Å². The van der Waals surface area contributed by atoms with Crippen LogP contribution in [0, 0.1) is 6.92 Å². The Bertz CT molecular complexity index is 496. The van der Waals surface area contributed by atoms with Crippen LogP contribution < -0.4 is 4.74 Å². The van der Waals surface area contributed by atoms with Crippen molar-refractivity contribution in [2.75, 3.05) is 0 Å². The van der Waals surface area contributed by atoms with Crippen LogP contribution >= 0.6 is 23.2 Å². The minimum Gasteiger partial charge on any atom is -0.486 e. The highest BCUT2D eigenvalue weighted by Gasteiger charge is 2.05. The second-order valence-electron chi connectivity index (χ2n) is 3.29. The number of aromatic nitrogens is 1. The summed E-state index contributed by atoms with van der Waals surface area (Å²) in [5.41, 5.74) is 0.716. The Balaban J connectivity index is 2.07. The lowest BCUT2D eigenvalue weighted by atomic mass is 10.3. The molecular formula is C11H9Cl2NO2. The van der Waals surface area contributed by atoms with Gasteiger partial charge < -0.3 is 9.26 Å². The summed E-state index contributed by atoms with van der Waals surface area (Å²) >= 11 is 11.8. The Labute approximate surface area is 103 Å². The standard InChI is InChI=1S/C11H9Cl2NO2/c1-7-4-9(14-16-7)6-15-11-5-8(12)2-3-10(11)13/h2-5H,6H2,1H3. The Hall–Kier alpha value is -1.19. The molecule has 0 aliphatic carbocycles. The molecule has 0 fully saturated rings. The third-order valence-corrected chi connectivity index (χ3v) is 2.49. The summed E-state index contributed by atoms with van der Waals surface area (Å²) in [7, 11) is 0. The summed E-state index contributed by atoms with van der Waals surface area (Å²) in [6.07, 6.45) is 0. The molecule has 0 saturated carbocycles. The average Bonchev–Trinajstić information content (AvgIpc) is 2.66. The van der Waals surface area contributed by atoms with Crippen LogP contribution in [-0.2, 0) is 6.61 Å². The fourth-order valence-corrected chi connectivity index (χ4v) is 1.56. The van der Waals surface area contributed by atoms with E-state index in [1.165, 1.54) is 0 Å². The topological polar surface area (TPSA) is 35.3 Å². The number of aryl methyl sites for hydroxylation is 1. The van der Waals surface area contributed by atoms with E-state index in [9.17, 15) is 0 Å². The molecule has 84 valence electrons. The quantitative estimate of drug-likeness (QED) is 0.838. The van der Waals surface area contributed by atoms with Crippen LogP contribution in [0.15, 0.2) is 28.8 Å². The van der Waals surface area contributed by atoms with Crippen molar-refractivity contribution in [1.82, 2.24) is 5.16 Å². The van der Waals surface area contributed by atoms with Crippen LogP contribution in [0.25, 0.3) is 0 Å². The van der Waals surface area contributed by atoms with Gasteiger partial charge in [-0.05, 0) is 19.1 Å². The second kappa shape index (κ2) is 4.76. The third-order valence-electron chi connectivity index (χ3n) is 1.95.